The van der Waals surface area contributed by atoms with Crippen LogP contribution in [0, 0.1) is 0 Å². The highest BCUT2D eigenvalue weighted by Crippen LogP contribution is 2.40. The van der Waals surface area contributed by atoms with Crippen molar-refractivity contribution in [1.29, 1.82) is 0 Å². The summed E-state index contributed by atoms with van der Waals surface area (Å²) in [5.41, 5.74) is 1.34. The van der Waals surface area contributed by atoms with Gasteiger partial charge in [-0.1, -0.05) is 6.92 Å². The molecule has 0 aromatic carbocycles. The van der Waals surface area contributed by atoms with Crippen LogP contribution in [0.1, 0.15) is 55.6 Å². The Bertz CT molecular complexity index is 504. The molecule has 3 unspecified atom stereocenters. The van der Waals surface area contributed by atoms with Gasteiger partial charge < -0.3 is 15.0 Å². The largest absolute Gasteiger partial charge is 0.374 e. The van der Waals surface area contributed by atoms with Crippen molar-refractivity contribution >= 4 is 16.5 Å². The van der Waals surface area contributed by atoms with Gasteiger partial charge in [0, 0.05) is 11.4 Å². The third kappa shape index (κ3) is 2.49. The Balaban J connectivity index is 1.61. The van der Waals surface area contributed by atoms with Gasteiger partial charge in [0.25, 0.3) is 0 Å². The number of aryl methyl sites for hydroxylation is 1. The average Bonchev–Trinajstić information content (AvgIpc) is 3.14. The minimum atomic E-state index is 0.448. The van der Waals surface area contributed by atoms with Gasteiger partial charge in [-0.25, -0.2) is 4.98 Å². The summed E-state index contributed by atoms with van der Waals surface area (Å²) >= 11 is 1.94. The fraction of sp³-hybridized carbons (Fsp3) is 0.812. The highest BCUT2D eigenvalue weighted by atomic mass is 32.1. The molecule has 0 radical (unpaired) electrons. The lowest BCUT2D eigenvalue weighted by Crippen LogP contribution is -2.48. The van der Waals surface area contributed by atoms with E-state index >= 15 is 0 Å². The van der Waals surface area contributed by atoms with Crippen molar-refractivity contribution in [2.45, 2.75) is 63.6 Å². The molecular formula is C16H25N3OS. The van der Waals surface area contributed by atoms with Gasteiger partial charge in [0.1, 0.15) is 0 Å². The fourth-order valence-corrected chi connectivity index (χ4v) is 5.38. The van der Waals surface area contributed by atoms with Gasteiger partial charge in [-0.2, -0.15) is 0 Å². The van der Waals surface area contributed by atoms with E-state index in [2.05, 4.69) is 17.1 Å². The van der Waals surface area contributed by atoms with Crippen molar-refractivity contribution in [3.63, 3.8) is 0 Å². The fourth-order valence-electron chi connectivity index (χ4n) is 4.14. The number of hydrogen-bond donors (Lipinski definition) is 1. The Morgan fingerprint density at radius 2 is 2.29 bits per heavy atom. The third-order valence-corrected chi connectivity index (χ3v) is 6.29. The van der Waals surface area contributed by atoms with Gasteiger partial charge >= 0.3 is 0 Å². The summed E-state index contributed by atoms with van der Waals surface area (Å²) < 4.78 is 5.94. The van der Waals surface area contributed by atoms with Crippen LogP contribution in [-0.4, -0.2) is 36.8 Å². The topological polar surface area (TPSA) is 37.4 Å². The van der Waals surface area contributed by atoms with E-state index < -0.39 is 0 Å². The molecule has 1 aromatic rings. The van der Waals surface area contributed by atoms with E-state index in [4.69, 9.17) is 9.72 Å². The normalized spacial score (nSPS) is 32.0. The van der Waals surface area contributed by atoms with Crippen molar-refractivity contribution in [1.82, 2.24) is 10.3 Å². The summed E-state index contributed by atoms with van der Waals surface area (Å²) in [7, 11) is 0. The molecule has 1 saturated heterocycles. The molecule has 116 valence electrons. The predicted octanol–water partition coefficient (Wildman–Crippen LogP) is 2.89. The lowest BCUT2D eigenvalue weighted by atomic mass is 9.98. The number of anilines is 1. The summed E-state index contributed by atoms with van der Waals surface area (Å²) in [5, 5.41) is 4.86. The van der Waals surface area contributed by atoms with E-state index in [1.165, 1.54) is 54.2 Å². The zero-order valence-corrected chi connectivity index (χ0v) is 13.6. The number of thiazole rings is 1. The van der Waals surface area contributed by atoms with Gasteiger partial charge in [0.05, 0.1) is 30.5 Å². The molecule has 4 rings (SSSR count). The number of morpholine rings is 1. The van der Waals surface area contributed by atoms with Crippen LogP contribution in [0.4, 0.5) is 5.13 Å². The van der Waals surface area contributed by atoms with E-state index in [0.29, 0.717) is 18.2 Å². The molecule has 1 saturated carbocycles. The maximum Gasteiger partial charge on any atom is 0.186 e. The summed E-state index contributed by atoms with van der Waals surface area (Å²) in [6.45, 7) is 5.09. The molecule has 1 aromatic heterocycles. The second kappa shape index (κ2) is 5.86. The van der Waals surface area contributed by atoms with Crippen LogP contribution in [0.3, 0.4) is 0 Å². The molecule has 2 heterocycles. The van der Waals surface area contributed by atoms with E-state index in [1.54, 1.807) is 0 Å². The summed E-state index contributed by atoms with van der Waals surface area (Å²) in [6, 6.07) is 1.05. The molecule has 21 heavy (non-hydrogen) atoms. The monoisotopic (exact) mass is 307 g/mol. The number of ether oxygens (including phenoxy) is 1. The number of nitrogens with one attached hydrogen (secondary N) is 1. The molecule has 5 heteroatoms. The Labute approximate surface area is 130 Å². The summed E-state index contributed by atoms with van der Waals surface area (Å²) in [5.74, 6) is 0. The van der Waals surface area contributed by atoms with Gasteiger partial charge in [0.2, 0.25) is 0 Å². The van der Waals surface area contributed by atoms with E-state index in [9.17, 15) is 0 Å². The lowest BCUT2D eigenvalue weighted by Gasteiger charge is -2.37. The number of aromatic nitrogens is 1. The second-order valence-electron chi connectivity index (χ2n) is 6.41. The van der Waals surface area contributed by atoms with Crippen molar-refractivity contribution in [2.24, 2.45) is 0 Å². The number of nitrogens with zero attached hydrogens (tertiary/aromatic N) is 2. The molecule has 1 aliphatic heterocycles. The standard InChI is InChI=1S/C16H25N3OS/c1-2-17-11-5-3-8-14-15(11)18-16(21-14)19-9-10-20-13-7-4-6-12(13)19/h11-13,17H,2-10H2,1H3. The van der Waals surface area contributed by atoms with E-state index in [-0.39, 0.29) is 0 Å². The highest BCUT2D eigenvalue weighted by Gasteiger charge is 2.38. The first-order chi connectivity index (χ1) is 10.4. The Morgan fingerprint density at radius 3 is 3.19 bits per heavy atom. The lowest BCUT2D eigenvalue weighted by molar-refractivity contribution is 0.0256. The Kier molecular flexibility index (Phi) is 3.90. The smallest absolute Gasteiger partial charge is 0.186 e. The number of rotatable bonds is 3. The van der Waals surface area contributed by atoms with Crippen molar-refractivity contribution in [2.75, 3.05) is 24.6 Å². The Morgan fingerprint density at radius 1 is 1.33 bits per heavy atom. The zero-order chi connectivity index (χ0) is 14.2. The average molecular weight is 307 g/mol. The molecule has 0 bridgehead atoms. The van der Waals surface area contributed by atoms with Gasteiger partial charge in [-0.15, -0.1) is 11.3 Å². The molecule has 3 aliphatic rings. The highest BCUT2D eigenvalue weighted by molar-refractivity contribution is 7.15. The first-order valence-corrected chi connectivity index (χ1v) is 9.29. The van der Waals surface area contributed by atoms with E-state index in [1.807, 2.05) is 11.3 Å². The molecule has 3 atom stereocenters. The first-order valence-electron chi connectivity index (χ1n) is 8.48. The molecule has 0 amide bonds. The third-order valence-electron chi connectivity index (χ3n) is 5.12. The molecule has 4 nitrogen and oxygen atoms in total. The summed E-state index contributed by atoms with van der Waals surface area (Å²) in [6.07, 6.45) is 7.99. The molecule has 1 N–H and O–H groups in total. The minimum Gasteiger partial charge on any atom is -0.374 e. The van der Waals surface area contributed by atoms with Crippen molar-refractivity contribution in [3.05, 3.63) is 10.6 Å². The van der Waals surface area contributed by atoms with Crippen molar-refractivity contribution in [3.8, 4) is 0 Å². The van der Waals surface area contributed by atoms with Crippen LogP contribution >= 0.6 is 11.3 Å². The number of hydrogen-bond acceptors (Lipinski definition) is 5. The number of fused-ring (bicyclic) bond motifs is 2. The molecule has 2 fully saturated rings. The van der Waals surface area contributed by atoms with Gasteiger partial charge in [-0.3, -0.25) is 0 Å². The summed E-state index contributed by atoms with van der Waals surface area (Å²) in [4.78, 5) is 9.13. The van der Waals surface area contributed by atoms with Gasteiger partial charge in [0.15, 0.2) is 5.13 Å². The van der Waals surface area contributed by atoms with Gasteiger partial charge in [-0.05, 0) is 45.1 Å². The first kappa shape index (κ1) is 14.0. The van der Waals surface area contributed by atoms with Crippen molar-refractivity contribution < 1.29 is 4.74 Å². The van der Waals surface area contributed by atoms with Crippen LogP contribution in [0.25, 0.3) is 0 Å². The minimum absolute atomic E-state index is 0.448. The maximum atomic E-state index is 5.94. The van der Waals surface area contributed by atoms with Crippen LogP contribution in [0.15, 0.2) is 0 Å². The zero-order valence-electron chi connectivity index (χ0n) is 12.8. The van der Waals surface area contributed by atoms with E-state index in [0.717, 1.165) is 19.7 Å². The second-order valence-corrected chi connectivity index (χ2v) is 7.47. The SMILES string of the molecule is CCNC1CCCc2sc(N3CCOC4CCCC43)nc21. The Hall–Kier alpha value is -0.650. The quantitative estimate of drug-likeness (QED) is 0.932. The van der Waals surface area contributed by atoms with Crippen LogP contribution in [0.5, 0.6) is 0 Å². The predicted molar refractivity (Wildman–Crippen MR) is 86.2 cm³/mol. The molecule has 0 spiro atoms. The molecular weight excluding hydrogens is 282 g/mol. The molecule has 2 aliphatic carbocycles. The van der Waals surface area contributed by atoms with Crippen LogP contribution in [-0.2, 0) is 11.2 Å². The van der Waals surface area contributed by atoms with Crippen LogP contribution in [0.2, 0.25) is 0 Å². The van der Waals surface area contributed by atoms with Crippen LogP contribution < -0.4 is 10.2 Å². The maximum absolute atomic E-state index is 5.94.